The van der Waals surface area contributed by atoms with Crippen LogP contribution in [0, 0.1) is 0 Å². The Morgan fingerprint density at radius 2 is 2.12 bits per heavy atom. The largest absolute Gasteiger partial charge is 0.394 e. The fourth-order valence-electron chi connectivity index (χ4n) is 4.98. The number of H-pyrrole nitrogens is 1. The van der Waals surface area contributed by atoms with E-state index in [0.29, 0.717) is 5.39 Å². The van der Waals surface area contributed by atoms with Gasteiger partial charge in [-0.05, 0) is 17.9 Å². The van der Waals surface area contributed by atoms with Crippen LogP contribution in [0.1, 0.15) is 12.6 Å². The first kappa shape index (κ1) is 28.0. The standard InChI is InChI=1S/C21H25FN9O8PS/c22-21(31-2-1-10-15(23)25-7-26-16(10)31)6-36-12(14(21)33)5-37-40(35,41)39-11-3-9(4-32)38-19(11)30-8-27-13-17(30)28-20(24)29-18(13)34/h1-2,7-9,11-12,14,19,32-33H,3-6H2,(H,35,41)(H2,23,25,26)(H3,24,28,29,34)/t9-,11+,12+,14+,19+,21-,40?/m0/s1. The van der Waals surface area contributed by atoms with Gasteiger partial charge in [0, 0.05) is 12.6 Å². The molecule has 0 radical (unpaired) electrons. The van der Waals surface area contributed by atoms with E-state index in [2.05, 4.69) is 24.9 Å². The summed E-state index contributed by atoms with van der Waals surface area (Å²) in [6, 6.07) is 1.52. The van der Waals surface area contributed by atoms with Crippen LogP contribution in [-0.4, -0.2) is 93.4 Å². The molecule has 2 saturated heterocycles. The second kappa shape index (κ2) is 10.3. The number of aliphatic hydroxyl groups excluding tert-OH is 2. The van der Waals surface area contributed by atoms with Crippen molar-refractivity contribution in [3.63, 3.8) is 0 Å². The Morgan fingerprint density at radius 1 is 1.32 bits per heavy atom. The van der Waals surface area contributed by atoms with Gasteiger partial charge >= 0.3 is 6.72 Å². The summed E-state index contributed by atoms with van der Waals surface area (Å²) in [7, 11) is 0. The van der Waals surface area contributed by atoms with Crippen molar-refractivity contribution in [2.24, 2.45) is 0 Å². The lowest BCUT2D eigenvalue weighted by Crippen LogP contribution is -2.43. The molecule has 0 amide bonds. The predicted molar refractivity (Wildman–Crippen MR) is 142 cm³/mol. The molecule has 41 heavy (non-hydrogen) atoms. The molecule has 2 aliphatic heterocycles. The second-order valence-electron chi connectivity index (χ2n) is 9.55. The summed E-state index contributed by atoms with van der Waals surface area (Å²) in [6.45, 7) is -5.50. The summed E-state index contributed by atoms with van der Waals surface area (Å²) in [4.78, 5) is 41.5. The van der Waals surface area contributed by atoms with Crippen molar-refractivity contribution in [3.8, 4) is 0 Å². The van der Waals surface area contributed by atoms with E-state index in [4.69, 9.17) is 41.8 Å². The van der Waals surface area contributed by atoms with Gasteiger partial charge in [-0.15, -0.1) is 0 Å². The van der Waals surface area contributed by atoms with E-state index in [1.165, 1.54) is 29.5 Å². The molecule has 0 bridgehead atoms. The normalized spacial score (nSPS) is 29.9. The van der Waals surface area contributed by atoms with E-state index in [-0.39, 0.29) is 41.6 Å². The van der Waals surface area contributed by atoms with Crippen molar-refractivity contribution in [2.75, 3.05) is 31.3 Å². The number of anilines is 2. The maximum atomic E-state index is 16.0. The second-order valence-corrected chi connectivity index (χ2v) is 12.3. The molecular weight excluding hydrogens is 588 g/mol. The molecule has 6 rings (SSSR count). The first-order valence-corrected chi connectivity index (χ1v) is 14.8. The van der Waals surface area contributed by atoms with Gasteiger partial charge in [0.15, 0.2) is 17.4 Å². The first-order valence-electron chi connectivity index (χ1n) is 12.2. The molecule has 6 heterocycles. The van der Waals surface area contributed by atoms with E-state index in [1.807, 2.05) is 0 Å². The van der Waals surface area contributed by atoms with Gasteiger partial charge in [-0.3, -0.25) is 18.9 Å². The highest BCUT2D eigenvalue weighted by Crippen LogP contribution is 2.50. The number of aromatic nitrogens is 7. The van der Waals surface area contributed by atoms with Gasteiger partial charge in [0.1, 0.15) is 42.7 Å². The van der Waals surface area contributed by atoms with Gasteiger partial charge in [-0.25, -0.2) is 19.3 Å². The summed E-state index contributed by atoms with van der Waals surface area (Å²) in [5.41, 5.74) is 11.2. The summed E-state index contributed by atoms with van der Waals surface area (Å²) in [5, 5.41) is 20.9. The third-order valence-corrected chi connectivity index (χ3v) is 8.55. The van der Waals surface area contributed by atoms with E-state index < -0.39 is 61.9 Å². The zero-order chi connectivity index (χ0) is 29.1. The van der Waals surface area contributed by atoms with Crippen LogP contribution in [0.3, 0.4) is 0 Å². The van der Waals surface area contributed by atoms with Crippen LogP contribution < -0.4 is 17.0 Å². The first-order chi connectivity index (χ1) is 19.5. The van der Waals surface area contributed by atoms with Crippen molar-refractivity contribution < 1.29 is 38.0 Å². The number of nitrogen functional groups attached to an aromatic ring is 2. The highest BCUT2D eigenvalue weighted by Gasteiger charge is 2.53. The fourth-order valence-corrected chi connectivity index (χ4v) is 6.42. The van der Waals surface area contributed by atoms with E-state index in [9.17, 15) is 19.9 Å². The molecule has 0 spiro atoms. The van der Waals surface area contributed by atoms with Gasteiger partial charge in [0.05, 0.1) is 31.0 Å². The van der Waals surface area contributed by atoms with Crippen LogP contribution in [0.2, 0.25) is 0 Å². The number of rotatable bonds is 8. The Balaban J connectivity index is 1.17. The van der Waals surface area contributed by atoms with Gasteiger partial charge in [0.2, 0.25) is 11.7 Å². The SMILES string of the molecule is Nc1nc2c(ncn2[C@@H]2O[C@H](CO)C[C@H]2OP(O)(=S)OC[C@H]2OC[C@](F)(n3ccc4c(N)ncnc43)[C@@H]2O)c(=O)[nH]1. The number of aliphatic hydroxyl groups is 2. The van der Waals surface area contributed by atoms with E-state index in [1.54, 1.807) is 0 Å². The molecule has 1 unspecified atom stereocenters. The summed E-state index contributed by atoms with van der Waals surface area (Å²) >= 11 is 5.18. The van der Waals surface area contributed by atoms with Crippen molar-refractivity contribution in [2.45, 2.75) is 42.9 Å². The molecule has 220 valence electrons. The molecule has 0 aliphatic carbocycles. The lowest BCUT2D eigenvalue weighted by Gasteiger charge is -2.27. The Hall–Kier alpha value is -3.13. The van der Waals surface area contributed by atoms with Crippen LogP contribution in [0.5, 0.6) is 0 Å². The minimum atomic E-state index is -4.06. The van der Waals surface area contributed by atoms with Crippen LogP contribution in [0.4, 0.5) is 16.2 Å². The quantitative estimate of drug-likeness (QED) is 0.131. The molecule has 2 aliphatic rings. The number of fused-ring (bicyclic) bond motifs is 2. The van der Waals surface area contributed by atoms with Crippen LogP contribution in [0.25, 0.3) is 22.2 Å². The molecule has 4 aromatic rings. The van der Waals surface area contributed by atoms with Crippen LogP contribution >= 0.6 is 6.72 Å². The molecule has 7 atom stereocenters. The summed E-state index contributed by atoms with van der Waals surface area (Å²) in [6.07, 6.45) is -1.76. The molecule has 2 fully saturated rings. The summed E-state index contributed by atoms with van der Waals surface area (Å²) < 4.78 is 41.0. The molecular formula is C21H25FN9O8PS. The summed E-state index contributed by atoms with van der Waals surface area (Å²) in [5.74, 6) is -2.43. The monoisotopic (exact) mass is 613 g/mol. The average molecular weight is 614 g/mol. The van der Waals surface area contributed by atoms with Gasteiger partial charge in [0.25, 0.3) is 5.56 Å². The zero-order valence-corrected chi connectivity index (χ0v) is 22.7. The smallest absolute Gasteiger partial charge is 0.325 e. The number of aromatic amines is 1. The highest BCUT2D eigenvalue weighted by atomic mass is 32.5. The van der Waals surface area contributed by atoms with E-state index >= 15 is 4.39 Å². The van der Waals surface area contributed by atoms with Gasteiger partial charge in [-0.1, -0.05) is 0 Å². The fraction of sp³-hybridized carbons (Fsp3) is 0.476. The number of alkyl halides is 1. The van der Waals surface area contributed by atoms with Crippen LogP contribution in [0.15, 0.2) is 29.7 Å². The molecule has 0 aromatic carbocycles. The number of nitrogens with two attached hydrogens (primary N) is 2. The number of nitrogens with zero attached hydrogens (tertiary/aromatic N) is 6. The predicted octanol–water partition coefficient (Wildman–Crippen LogP) is -0.991. The molecule has 8 N–H and O–H groups in total. The number of imidazole rings is 1. The number of hydrogen-bond donors (Lipinski definition) is 6. The third kappa shape index (κ3) is 4.88. The number of nitrogens with one attached hydrogen (secondary N) is 1. The minimum absolute atomic E-state index is 0.0135. The van der Waals surface area contributed by atoms with Crippen molar-refractivity contribution in [1.82, 2.24) is 34.1 Å². The molecule has 20 heteroatoms. The van der Waals surface area contributed by atoms with Crippen molar-refractivity contribution >= 4 is 52.5 Å². The van der Waals surface area contributed by atoms with Crippen molar-refractivity contribution in [3.05, 3.63) is 35.3 Å². The van der Waals surface area contributed by atoms with Crippen molar-refractivity contribution in [1.29, 1.82) is 0 Å². The topological polar surface area (TPSA) is 244 Å². The Morgan fingerprint density at radius 3 is 2.90 bits per heavy atom. The lowest BCUT2D eigenvalue weighted by molar-refractivity contribution is -0.0527. The van der Waals surface area contributed by atoms with Gasteiger partial charge in [-0.2, -0.15) is 4.98 Å². The minimum Gasteiger partial charge on any atom is -0.394 e. The Kier molecular flexibility index (Phi) is 7.04. The lowest BCUT2D eigenvalue weighted by atomic mass is 10.1. The number of ether oxygens (including phenoxy) is 2. The molecule has 0 saturated carbocycles. The van der Waals surface area contributed by atoms with Crippen LogP contribution in [-0.2, 0) is 36.1 Å². The zero-order valence-electron chi connectivity index (χ0n) is 21.0. The van der Waals surface area contributed by atoms with E-state index in [0.717, 1.165) is 4.57 Å². The molecule has 4 aromatic heterocycles. The van der Waals surface area contributed by atoms with Gasteiger partial charge < -0.3 is 45.1 Å². The Labute approximate surface area is 234 Å². The highest BCUT2D eigenvalue weighted by molar-refractivity contribution is 8.07. The number of halogens is 1. The average Bonchev–Trinajstić information content (AvgIpc) is 3.69. The Bertz CT molecular complexity index is 1720. The maximum absolute atomic E-state index is 16.0. The molecule has 17 nitrogen and oxygen atoms in total. The number of hydrogen-bond acceptors (Lipinski definition) is 14. The maximum Gasteiger partial charge on any atom is 0.325 e. The third-order valence-electron chi connectivity index (χ3n) is 6.96.